The molecule has 0 aliphatic heterocycles. The fourth-order valence-electron chi connectivity index (χ4n) is 1.54. The maximum atomic E-state index is 13.2. The van der Waals surface area contributed by atoms with E-state index in [1.54, 1.807) is 0 Å². The highest BCUT2D eigenvalue weighted by molar-refractivity contribution is 6.58. The van der Waals surface area contributed by atoms with Crippen LogP contribution >= 0.6 is 0 Å². The van der Waals surface area contributed by atoms with Crippen LogP contribution in [0.3, 0.4) is 0 Å². The fourth-order valence-corrected chi connectivity index (χ4v) is 2.44. The molecule has 0 aliphatic carbocycles. The first-order chi connectivity index (χ1) is 11.7. The molecule has 0 bridgehead atoms. The Hall–Kier alpha value is -0.973. The molecule has 0 unspecified atom stereocenters. The largest absolute Gasteiger partial charge is 0.460 e. The Kier molecular flexibility index (Phi) is 6.29. The van der Waals surface area contributed by atoms with Crippen molar-refractivity contribution in [3.8, 4) is 0 Å². The topological polar surface area (TPSA) is 0 Å². The summed E-state index contributed by atoms with van der Waals surface area (Å²) >= 11 is 0. The van der Waals surface area contributed by atoms with E-state index < -0.39 is 56.1 Å². The Labute approximate surface area is 145 Å². The van der Waals surface area contributed by atoms with Gasteiger partial charge in [0.05, 0.1) is 0 Å². The van der Waals surface area contributed by atoms with Crippen molar-refractivity contribution >= 4 is 8.80 Å². The van der Waals surface area contributed by atoms with Crippen LogP contribution in [0, 0.1) is 0 Å². The van der Waals surface area contributed by atoms with Gasteiger partial charge in [-0.2, -0.15) is 65.9 Å². The van der Waals surface area contributed by atoms with Crippen LogP contribution in [0.5, 0.6) is 0 Å². The number of rotatable bonds is 7. The molecule has 0 amide bonds. The van der Waals surface area contributed by atoms with Gasteiger partial charge in [-0.25, -0.2) is 8.78 Å². The lowest BCUT2D eigenvalue weighted by Gasteiger charge is -2.43. The van der Waals surface area contributed by atoms with Crippen LogP contribution in [0.15, 0.2) is 0 Å². The Balaban J connectivity index is 6.72. The predicted molar refractivity (Wildman–Crippen MR) is 59.6 cm³/mol. The van der Waals surface area contributed by atoms with Crippen molar-refractivity contribution in [1.29, 1.82) is 0 Å². The summed E-state index contributed by atoms with van der Waals surface area (Å²) in [6, 6.07) is 0. The van der Waals surface area contributed by atoms with Crippen LogP contribution in [-0.2, 0) is 0 Å². The maximum Gasteiger partial charge on any atom is 0.460 e. The molecule has 0 atom stereocenters. The van der Waals surface area contributed by atoms with Gasteiger partial charge in [-0.3, -0.25) is 0 Å². The summed E-state index contributed by atoms with van der Waals surface area (Å²) < 4.78 is 218. The number of hydrogen-bond acceptors (Lipinski definition) is 0. The molecule has 0 aliphatic rings. The third-order valence-corrected chi connectivity index (χ3v) is 5.28. The first kappa shape index (κ1) is 27.0. The highest BCUT2D eigenvalue weighted by Gasteiger charge is 2.95. The second-order valence-corrected chi connectivity index (χ2v) is 8.76. The predicted octanol–water partition coefficient (Wildman–Crippen LogP) is 6.02. The van der Waals surface area contributed by atoms with Crippen LogP contribution in [0.25, 0.3) is 0 Å². The van der Waals surface area contributed by atoms with Crippen molar-refractivity contribution in [2.45, 2.75) is 60.4 Å². The lowest BCUT2D eigenvalue weighted by Crippen LogP contribution is -2.75. The van der Waals surface area contributed by atoms with Gasteiger partial charge in [0.1, 0.15) is 8.80 Å². The second-order valence-electron chi connectivity index (χ2n) is 5.72. The van der Waals surface area contributed by atoms with Gasteiger partial charge in [-0.05, 0) is 0 Å². The molecule has 18 heteroatoms. The van der Waals surface area contributed by atoms with Gasteiger partial charge in [-0.1, -0.05) is 13.1 Å². The summed E-state index contributed by atoms with van der Waals surface area (Å²) in [5.41, 5.74) is -6.17. The van der Waals surface area contributed by atoms with E-state index in [9.17, 15) is 74.6 Å². The van der Waals surface area contributed by atoms with Crippen LogP contribution in [0.2, 0.25) is 13.1 Å². The molecule has 0 spiro atoms. The molecule has 28 heavy (non-hydrogen) atoms. The van der Waals surface area contributed by atoms with E-state index in [0.717, 1.165) is 0 Å². The van der Waals surface area contributed by atoms with Crippen LogP contribution in [0.4, 0.5) is 74.6 Å². The average molecular weight is 478 g/mol. The van der Waals surface area contributed by atoms with Gasteiger partial charge in [0.15, 0.2) is 0 Å². The van der Waals surface area contributed by atoms with E-state index >= 15 is 0 Å². The zero-order valence-corrected chi connectivity index (χ0v) is 14.2. The highest BCUT2D eigenvalue weighted by Crippen LogP contribution is 2.64. The molecule has 170 valence electrons. The minimum atomic E-state index is -8.55. The molecule has 0 aromatic rings. The first-order valence-electron chi connectivity index (χ1n) is 6.41. The SMILES string of the molecule is C[SiH](C)C(F)(F)C(F)(F)C(F)(F)C(F)(F)C(F)(F)C(F)(F)C(F)(F)C(F)(F)F. The quantitative estimate of drug-likeness (QED) is 0.310. The third kappa shape index (κ3) is 3.12. The van der Waals surface area contributed by atoms with Crippen molar-refractivity contribution in [1.82, 2.24) is 0 Å². The molecule has 0 nitrogen and oxygen atoms in total. The van der Waals surface area contributed by atoms with Crippen molar-refractivity contribution in [2.75, 3.05) is 0 Å². The molecule has 0 saturated carbocycles. The van der Waals surface area contributed by atoms with Crippen LogP contribution < -0.4 is 0 Å². The average Bonchev–Trinajstić information content (AvgIpc) is 2.44. The van der Waals surface area contributed by atoms with Crippen molar-refractivity contribution in [3.63, 3.8) is 0 Å². The lowest BCUT2D eigenvalue weighted by molar-refractivity contribution is -0.458. The minimum absolute atomic E-state index is 0.118. The van der Waals surface area contributed by atoms with E-state index in [-0.39, 0.29) is 13.1 Å². The fraction of sp³-hybridized carbons (Fsp3) is 1.00. The van der Waals surface area contributed by atoms with E-state index in [2.05, 4.69) is 0 Å². The van der Waals surface area contributed by atoms with Crippen LogP contribution in [0.1, 0.15) is 0 Å². The Morgan fingerprint density at radius 3 is 0.786 bits per heavy atom. The molecule has 0 N–H and O–H groups in total. The third-order valence-electron chi connectivity index (χ3n) is 3.47. The number of alkyl halides is 17. The molecule has 0 radical (unpaired) electrons. The summed E-state index contributed by atoms with van der Waals surface area (Å²) in [6.07, 6.45) is -7.73. The molecule has 0 heterocycles. The van der Waals surface area contributed by atoms with Gasteiger partial charge in [-0.15, -0.1) is 0 Å². The Bertz CT molecular complexity index is 571. The molecule has 0 aromatic carbocycles. The molecular formula is C10H7F17Si. The van der Waals surface area contributed by atoms with E-state index in [4.69, 9.17) is 0 Å². The molecule has 0 fully saturated rings. The monoisotopic (exact) mass is 478 g/mol. The number of halogens is 17. The van der Waals surface area contributed by atoms with Crippen molar-refractivity contribution < 1.29 is 74.6 Å². The summed E-state index contributed by atoms with van der Waals surface area (Å²) in [5, 5.41) is 0. The van der Waals surface area contributed by atoms with E-state index in [0.29, 0.717) is 0 Å². The first-order valence-corrected chi connectivity index (χ1v) is 9.29. The normalized spacial score (nSPS) is 16.7. The zero-order valence-electron chi connectivity index (χ0n) is 13.0. The summed E-state index contributed by atoms with van der Waals surface area (Å²) in [7, 11) is -4.49. The van der Waals surface area contributed by atoms with Crippen LogP contribution in [-0.4, -0.2) is 56.1 Å². The van der Waals surface area contributed by atoms with Gasteiger partial charge in [0.2, 0.25) is 0 Å². The smallest absolute Gasteiger partial charge is 0.205 e. The molecule has 0 aromatic heterocycles. The Morgan fingerprint density at radius 1 is 0.357 bits per heavy atom. The Morgan fingerprint density at radius 2 is 0.571 bits per heavy atom. The minimum Gasteiger partial charge on any atom is -0.205 e. The number of hydrogen-bond donors (Lipinski definition) is 0. The van der Waals surface area contributed by atoms with Crippen molar-refractivity contribution in [2.24, 2.45) is 0 Å². The molecule has 0 rings (SSSR count). The van der Waals surface area contributed by atoms with E-state index in [1.165, 1.54) is 0 Å². The lowest BCUT2D eigenvalue weighted by atomic mass is 9.91. The standard InChI is InChI=1S/C10H7F17Si/c1-28(2)10(26,27)8(21,22)6(17,18)4(13,14)3(11,12)5(15,16)7(19,20)9(23,24)25/h28H,1-2H3. The van der Waals surface area contributed by atoms with Crippen molar-refractivity contribution in [3.05, 3.63) is 0 Å². The molecule has 0 saturated heterocycles. The zero-order chi connectivity index (χ0) is 23.6. The summed E-state index contributed by atoms with van der Waals surface area (Å²) in [5.74, 6) is -49.3. The summed E-state index contributed by atoms with van der Waals surface area (Å²) in [4.78, 5) is 0. The van der Waals surface area contributed by atoms with Gasteiger partial charge >= 0.3 is 41.7 Å². The molecular weight excluding hydrogens is 471 g/mol. The van der Waals surface area contributed by atoms with E-state index in [1.807, 2.05) is 0 Å². The highest BCUT2D eigenvalue weighted by atomic mass is 28.3. The van der Waals surface area contributed by atoms with Gasteiger partial charge < -0.3 is 0 Å². The summed E-state index contributed by atoms with van der Waals surface area (Å²) in [6.45, 7) is 0.235. The maximum absolute atomic E-state index is 13.2. The van der Waals surface area contributed by atoms with Gasteiger partial charge in [0, 0.05) is 0 Å². The second kappa shape index (κ2) is 6.51. The van der Waals surface area contributed by atoms with Gasteiger partial charge in [0.25, 0.3) is 5.55 Å².